The Morgan fingerprint density at radius 1 is 1.25 bits per heavy atom. The molecule has 0 saturated carbocycles. The molecule has 7 heteroatoms. The van der Waals surface area contributed by atoms with Gasteiger partial charge in [-0.25, -0.2) is 13.8 Å². The van der Waals surface area contributed by atoms with Crippen LogP contribution in [0.15, 0.2) is 29.1 Å². The second-order valence-electron chi connectivity index (χ2n) is 7.30. The van der Waals surface area contributed by atoms with Crippen molar-refractivity contribution in [3.05, 3.63) is 68.9 Å². The van der Waals surface area contributed by atoms with Gasteiger partial charge in [0.05, 0.1) is 5.69 Å². The molecule has 2 aromatic rings. The van der Waals surface area contributed by atoms with E-state index in [1.807, 2.05) is 6.08 Å². The summed E-state index contributed by atoms with van der Waals surface area (Å²) in [6.07, 6.45) is 6.23. The van der Waals surface area contributed by atoms with Crippen LogP contribution in [0.1, 0.15) is 41.9 Å². The van der Waals surface area contributed by atoms with Crippen LogP contribution < -0.4 is 10.9 Å². The van der Waals surface area contributed by atoms with E-state index in [9.17, 15) is 13.6 Å². The first-order valence-electron chi connectivity index (χ1n) is 9.66. The van der Waals surface area contributed by atoms with Crippen LogP contribution in [-0.4, -0.2) is 28.3 Å². The Balaban J connectivity index is 1.34. The number of hydrogen-bond acceptors (Lipinski definition) is 4. The lowest BCUT2D eigenvalue weighted by Gasteiger charge is -2.24. The zero-order valence-electron chi connectivity index (χ0n) is 15.6. The number of fused-ring (bicyclic) bond motifs is 1. The third kappa shape index (κ3) is 4.36. The van der Waals surface area contributed by atoms with Gasteiger partial charge in [-0.2, -0.15) is 11.8 Å². The Hall–Kier alpha value is -1.99. The number of aromatic nitrogens is 2. The molecule has 0 aliphatic carbocycles. The van der Waals surface area contributed by atoms with Gasteiger partial charge in [-0.1, -0.05) is 12.1 Å². The minimum Gasteiger partial charge on any atom is -0.310 e. The summed E-state index contributed by atoms with van der Waals surface area (Å²) in [6.45, 7) is 0.713. The minimum atomic E-state index is -0.819. The van der Waals surface area contributed by atoms with E-state index >= 15 is 0 Å². The molecule has 2 N–H and O–H groups in total. The highest BCUT2D eigenvalue weighted by Gasteiger charge is 2.18. The summed E-state index contributed by atoms with van der Waals surface area (Å²) in [4.78, 5) is 19.8. The molecule has 1 unspecified atom stereocenters. The number of aromatic amines is 1. The molecule has 4 nitrogen and oxygen atoms in total. The van der Waals surface area contributed by atoms with Crippen molar-refractivity contribution in [2.45, 2.75) is 43.9 Å². The number of thioether (sulfide) groups is 1. The van der Waals surface area contributed by atoms with Crippen molar-refractivity contribution in [3.8, 4) is 0 Å². The number of nitrogens with one attached hydrogen (secondary N) is 2. The van der Waals surface area contributed by atoms with Crippen molar-refractivity contribution in [1.82, 2.24) is 15.3 Å². The largest absolute Gasteiger partial charge is 0.310 e. The smallest absolute Gasteiger partial charge is 0.255 e. The lowest BCUT2D eigenvalue weighted by Crippen LogP contribution is -2.33. The van der Waals surface area contributed by atoms with Crippen LogP contribution in [0.4, 0.5) is 8.78 Å². The molecule has 1 atom stereocenters. The summed E-state index contributed by atoms with van der Waals surface area (Å²) >= 11 is 1.78. The van der Waals surface area contributed by atoms with Crippen LogP contribution in [0.3, 0.4) is 0 Å². The number of aryl methyl sites for hydroxylation is 2. The summed E-state index contributed by atoms with van der Waals surface area (Å²) in [5, 5.41) is 3.45. The maximum Gasteiger partial charge on any atom is 0.255 e. The van der Waals surface area contributed by atoms with Gasteiger partial charge >= 0.3 is 0 Å². The van der Waals surface area contributed by atoms with Crippen LogP contribution in [0.2, 0.25) is 0 Å². The third-order valence-electron chi connectivity index (χ3n) is 5.36. The molecular formula is C21H23F2N3OS. The highest BCUT2D eigenvalue weighted by Crippen LogP contribution is 2.26. The van der Waals surface area contributed by atoms with E-state index in [4.69, 9.17) is 0 Å². The molecule has 1 aromatic heterocycles. The summed E-state index contributed by atoms with van der Waals surface area (Å²) < 4.78 is 26.7. The molecule has 0 amide bonds. The highest BCUT2D eigenvalue weighted by molar-refractivity contribution is 7.98. The Bertz CT molecular complexity index is 957. The normalized spacial score (nSPS) is 19.2. The highest BCUT2D eigenvalue weighted by atomic mass is 32.2. The van der Waals surface area contributed by atoms with Gasteiger partial charge in [0.2, 0.25) is 0 Å². The summed E-state index contributed by atoms with van der Waals surface area (Å²) in [7, 11) is 0. The molecular weight excluding hydrogens is 380 g/mol. The first-order valence-corrected chi connectivity index (χ1v) is 10.8. The van der Waals surface area contributed by atoms with E-state index in [1.54, 1.807) is 17.8 Å². The molecule has 1 aromatic carbocycles. The van der Waals surface area contributed by atoms with Crippen molar-refractivity contribution in [1.29, 1.82) is 0 Å². The molecule has 2 aliphatic heterocycles. The SMILES string of the molecule is O=c1[nH]c(CCCC2CC(c3ccc(F)c(F)c3)=CCN2)nc2c1CSCC2. The van der Waals surface area contributed by atoms with Gasteiger partial charge in [0.1, 0.15) is 5.82 Å². The Labute approximate surface area is 166 Å². The molecule has 0 saturated heterocycles. The molecule has 0 bridgehead atoms. The Kier molecular flexibility index (Phi) is 5.92. The molecule has 0 radical (unpaired) electrons. The van der Waals surface area contributed by atoms with Gasteiger partial charge in [-0.15, -0.1) is 0 Å². The van der Waals surface area contributed by atoms with E-state index < -0.39 is 11.6 Å². The van der Waals surface area contributed by atoms with Crippen molar-refractivity contribution < 1.29 is 8.78 Å². The van der Waals surface area contributed by atoms with Gasteiger partial charge in [-0.3, -0.25) is 4.79 Å². The third-order valence-corrected chi connectivity index (χ3v) is 6.34. The maximum atomic E-state index is 13.5. The average Bonchev–Trinajstić information content (AvgIpc) is 2.70. The summed E-state index contributed by atoms with van der Waals surface area (Å²) in [5.41, 5.74) is 3.57. The van der Waals surface area contributed by atoms with E-state index in [1.165, 1.54) is 12.1 Å². The van der Waals surface area contributed by atoms with Crippen LogP contribution >= 0.6 is 11.8 Å². The molecule has 3 heterocycles. The minimum absolute atomic E-state index is 0.00606. The predicted octanol–water partition coefficient (Wildman–Crippen LogP) is 3.61. The summed E-state index contributed by atoms with van der Waals surface area (Å²) in [5.74, 6) is 0.911. The van der Waals surface area contributed by atoms with Crippen LogP contribution in [-0.2, 0) is 18.6 Å². The standard InChI is InChI=1S/C21H23F2N3OS/c22-17-5-4-13(11-18(17)23)14-6-8-24-15(10-14)2-1-3-20-25-19-7-9-28-12-16(19)21(27)26-20/h4-6,11,15,24H,1-3,7-10,12H2,(H,25,26,27). The molecule has 0 fully saturated rings. The fourth-order valence-corrected chi connectivity index (χ4v) is 4.82. The molecule has 4 rings (SSSR count). The van der Waals surface area contributed by atoms with Gasteiger partial charge in [0, 0.05) is 30.3 Å². The number of H-pyrrole nitrogens is 1. The van der Waals surface area contributed by atoms with Gasteiger partial charge < -0.3 is 10.3 Å². The topological polar surface area (TPSA) is 57.8 Å². The predicted molar refractivity (Wildman–Crippen MR) is 108 cm³/mol. The van der Waals surface area contributed by atoms with Crippen molar-refractivity contribution >= 4 is 17.3 Å². The Morgan fingerprint density at radius 3 is 3.00 bits per heavy atom. The monoisotopic (exact) mass is 403 g/mol. The number of hydrogen-bond donors (Lipinski definition) is 2. The van der Waals surface area contributed by atoms with Gasteiger partial charge in [0.25, 0.3) is 5.56 Å². The second kappa shape index (κ2) is 8.57. The molecule has 2 aliphatic rings. The first-order chi connectivity index (χ1) is 13.6. The zero-order chi connectivity index (χ0) is 19.5. The van der Waals surface area contributed by atoms with Crippen LogP contribution in [0.25, 0.3) is 5.57 Å². The van der Waals surface area contributed by atoms with E-state index in [-0.39, 0.29) is 11.6 Å². The van der Waals surface area contributed by atoms with Crippen molar-refractivity contribution in [2.75, 3.05) is 12.3 Å². The van der Waals surface area contributed by atoms with Crippen molar-refractivity contribution in [2.24, 2.45) is 0 Å². The maximum absolute atomic E-state index is 13.5. The van der Waals surface area contributed by atoms with Gasteiger partial charge in [0.15, 0.2) is 11.6 Å². The van der Waals surface area contributed by atoms with Gasteiger partial charge in [-0.05, 0) is 54.7 Å². The summed E-state index contributed by atoms with van der Waals surface area (Å²) in [6, 6.07) is 4.35. The molecule has 148 valence electrons. The van der Waals surface area contributed by atoms with E-state index in [2.05, 4.69) is 15.3 Å². The zero-order valence-corrected chi connectivity index (χ0v) is 16.4. The van der Waals surface area contributed by atoms with Crippen LogP contribution in [0, 0.1) is 11.6 Å². The number of rotatable bonds is 5. The quantitative estimate of drug-likeness (QED) is 0.801. The van der Waals surface area contributed by atoms with Crippen molar-refractivity contribution in [3.63, 3.8) is 0 Å². The fourth-order valence-electron chi connectivity index (χ4n) is 3.83. The lowest BCUT2D eigenvalue weighted by molar-refractivity contribution is 0.481. The lowest BCUT2D eigenvalue weighted by atomic mass is 9.92. The molecule has 28 heavy (non-hydrogen) atoms. The number of nitrogens with zero attached hydrogens (tertiary/aromatic N) is 1. The number of halogens is 2. The fraction of sp³-hybridized carbons (Fsp3) is 0.429. The second-order valence-corrected chi connectivity index (χ2v) is 8.41. The average molecular weight is 403 g/mol. The van der Waals surface area contributed by atoms with E-state index in [0.717, 1.165) is 71.8 Å². The Morgan fingerprint density at radius 2 is 2.14 bits per heavy atom. The van der Waals surface area contributed by atoms with Crippen LogP contribution in [0.5, 0.6) is 0 Å². The van der Waals surface area contributed by atoms with E-state index in [0.29, 0.717) is 6.54 Å². The number of benzene rings is 1. The first kappa shape index (κ1) is 19.3. The molecule has 0 spiro atoms.